The van der Waals surface area contributed by atoms with Gasteiger partial charge in [-0.25, -0.2) is 0 Å². The quantitative estimate of drug-likeness (QED) is 0.757. The molecule has 0 spiro atoms. The molecule has 0 aromatic rings. The van der Waals surface area contributed by atoms with Gasteiger partial charge in [-0.2, -0.15) is 0 Å². The van der Waals surface area contributed by atoms with Gasteiger partial charge in [0.05, 0.1) is 11.7 Å². The fourth-order valence-electron chi connectivity index (χ4n) is 2.80. The number of ether oxygens (including phenoxy) is 1. The van der Waals surface area contributed by atoms with E-state index in [1.807, 2.05) is 4.90 Å². The highest BCUT2D eigenvalue weighted by molar-refractivity contribution is 5.76. The lowest BCUT2D eigenvalue weighted by Crippen LogP contribution is -2.34. The fraction of sp³-hybridized carbons (Fsp3) is 0.929. The number of carbonyl (C=O) groups is 1. The third kappa shape index (κ3) is 3.95. The number of nitrogens with zero attached hydrogens (tertiary/aromatic N) is 1. The lowest BCUT2D eigenvalue weighted by molar-refractivity contribution is -0.130. The van der Waals surface area contributed by atoms with E-state index in [1.54, 1.807) is 0 Å². The second-order valence-corrected chi connectivity index (χ2v) is 6.08. The third-order valence-corrected chi connectivity index (χ3v) is 3.90. The van der Waals surface area contributed by atoms with E-state index in [2.05, 4.69) is 19.2 Å². The Kier molecular flexibility index (Phi) is 4.62. The van der Waals surface area contributed by atoms with Crippen LogP contribution in [0.2, 0.25) is 0 Å². The predicted molar refractivity (Wildman–Crippen MR) is 71.5 cm³/mol. The second-order valence-electron chi connectivity index (χ2n) is 6.08. The number of nitrogens with one attached hydrogen (secondary N) is 1. The van der Waals surface area contributed by atoms with Gasteiger partial charge in [0.2, 0.25) is 5.91 Å². The van der Waals surface area contributed by atoms with E-state index in [0.29, 0.717) is 18.4 Å². The number of carbonyl (C=O) groups excluding carboxylic acids is 1. The van der Waals surface area contributed by atoms with E-state index in [1.165, 1.54) is 12.8 Å². The number of hydrogen-bond acceptors (Lipinski definition) is 3. The molecular weight excluding hydrogens is 228 g/mol. The van der Waals surface area contributed by atoms with Crippen molar-refractivity contribution in [2.75, 3.05) is 26.2 Å². The lowest BCUT2D eigenvalue weighted by atomic mass is 10.1. The maximum atomic E-state index is 11.8. The predicted octanol–water partition coefficient (Wildman–Crippen LogP) is 1.55. The van der Waals surface area contributed by atoms with Gasteiger partial charge in [0.15, 0.2) is 0 Å². The van der Waals surface area contributed by atoms with Crippen molar-refractivity contribution in [1.82, 2.24) is 10.2 Å². The molecular formula is C14H26N2O2. The van der Waals surface area contributed by atoms with Crippen LogP contribution in [0.15, 0.2) is 0 Å². The van der Waals surface area contributed by atoms with Crippen LogP contribution in [-0.4, -0.2) is 48.7 Å². The van der Waals surface area contributed by atoms with Gasteiger partial charge in [0.25, 0.3) is 0 Å². The molecule has 2 heterocycles. The van der Waals surface area contributed by atoms with Gasteiger partial charge in [-0.1, -0.05) is 0 Å². The smallest absolute Gasteiger partial charge is 0.223 e. The molecule has 0 aromatic carbocycles. The number of amides is 1. The summed E-state index contributed by atoms with van der Waals surface area (Å²) in [5.41, 5.74) is 0.0394. The van der Waals surface area contributed by atoms with Gasteiger partial charge in [-0.05, 0) is 39.5 Å². The maximum absolute atomic E-state index is 11.8. The van der Waals surface area contributed by atoms with Crippen molar-refractivity contribution in [3.63, 3.8) is 0 Å². The van der Waals surface area contributed by atoms with Crippen LogP contribution >= 0.6 is 0 Å². The molecule has 4 heteroatoms. The van der Waals surface area contributed by atoms with Gasteiger partial charge < -0.3 is 15.0 Å². The van der Waals surface area contributed by atoms with Crippen LogP contribution in [0.3, 0.4) is 0 Å². The molecule has 0 bridgehead atoms. The molecule has 2 rings (SSSR count). The Morgan fingerprint density at radius 1 is 1.39 bits per heavy atom. The Balaban J connectivity index is 1.55. The zero-order chi connectivity index (χ0) is 13.0. The van der Waals surface area contributed by atoms with Crippen molar-refractivity contribution in [2.24, 2.45) is 0 Å². The van der Waals surface area contributed by atoms with E-state index < -0.39 is 0 Å². The molecule has 2 aliphatic heterocycles. The van der Waals surface area contributed by atoms with E-state index in [4.69, 9.17) is 4.74 Å². The Bertz CT molecular complexity index is 286. The maximum Gasteiger partial charge on any atom is 0.223 e. The van der Waals surface area contributed by atoms with Crippen LogP contribution < -0.4 is 5.32 Å². The lowest BCUT2D eigenvalue weighted by Gasteiger charge is -2.20. The molecule has 1 unspecified atom stereocenters. The Morgan fingerprint density at radius 3 is 2.72 bits per heavy atom. The first-order valence-corrected chi connectivity index (χ1v) is 7.23. The summed E-state index contributed by atoms with van der Waals surface area (Å²) in [6, 6.07) is 0. The first-order chi connectivity index (χ1) is 8.57. The molecule has 2 saturated heterocycles. The highest BCUT2D eigenvalue weighted by atomic mass is 16.5. The third-order valence-electron chi connectivity index (χ3n) is 3.90. The molecule has 2 aliphatic rings. The van der Waals surface area contributed by atoms with Crippen LogP contribution in [0.4, 0.5) is 0 Å². The molecule has 0 aliphatic carbocycles. The number of likely N-dealkylation sites (tertiary alicyclic amines) is 1. The van der Waals surface area contributed by atoms with Crippen molar-refractivity contribution >= 4 is 5.91 Å². The average molecular weight is 254 g/mol. The summed E-state index contributed by atoms with van der Waals surface area (Å²) < 4.78 is 5.90. The van der Waals surface area contributed by atoms with Crippen LogP contribution in [0.25, 0.3) is 0 Å². The molecule has 0 saturated carbocycles. The molecule has 2 fully saturated rings. The minimum absolute atomic E-state index is 0.0394. The van der Waals surface area contributed by atoms with E-state index in [9.17, 15) is 4.79 Å². The molecule has 0 radical (unpaired) electrons. The SMILES string of the molecule is CC1(C)CCC(CNCCC(=O)N2CCCC2)O1. The summed E-state index contributed by atoms with van der Waals surface area (Å²) >= 11 is 0. The van der Waals surface area contributed by atoms with E-state index in [0.717, 1.165) is 39.0 Å². The van der Waals surface area contributed by atoms with Crippen molar-refractivity contribution in [2.45, 2.75) is 57.7 Å². The fourth-order valence-corrected chi connectivity index (χ4v) is 2.80. The van der Waals surface area contributed by atoms with Crippen LogP contribution in [0.1, 0.15) is 46.0 Å². The van der Waals surface area contributed by atoms with Crippen LogP contribution in [0, 0.1) is 0 Å². The Hall–Kier alpha value is -0.610. The van der Waals surface area contributed by atoms with Crippen molar-refractivity contribution in [1.29, 1.82) is 0 Å². The van der Waals surface area contributed by atoms with Gasteiger partial charge in [0, 0.05) is 32.6 Å². The second kappa shape index (κ2) is 6.02. The first-order valence-electron chi connectivity index (χ1n) is 7.23. The summed E-state index contributed by atoms with van der Waals surface area (Å²) in [6.07, 6.45) is 5.54. The minimum atomic E-state index is 0.0394. The largest absolute Gasteiger partial charge is 0.371 e. The Morgan fingerprint density at radius 2 is 2.11 bits per heavy atom. The topological polar surface area (TPSA) is 41.6 Å². The minimum Gasteiger partial charge on any atom is -0.371 e. The first kappa shape index (κ1) is 13.8. The van der Waals surface area contributed by atoms with E-state index >= 15 is 0 Å². The number of hydrogen-bond donors (Lipinski definition) is 1. The van der Waals surface area contributed by atoms with Gasteiger partial charge in [0.1, 0.15) is 0 Å². The zero-order valence-corrected chi connectivity index (χ0v) is 11.7. The summed E-state index contributed by atoms with van der Waals surface area (Å²) in [5, 5.41) is 3.35. The number of rotatable bonds is 5. The normalized spacial score (nSPS) is 26.8. The molecule has 1 N–H and O–H groups in total. The molecule has 104 valence electrons. The van der Waals surface area contributed by atoms with Gasteiger partial charge >= 0.3 is 0 Å². The van der Waals surface area contributed by atoms with Gasteiger partial charge in [-0.15, -0.1) is 0 Å². The summed E-state index contributed by atoms with van der Waals surface area (Å²) in [6.45, 7) is 7.84. The van der Waals surface area contributed by atoms with E-state index in [-0.39, 0.29) is 5.60 Å². The summed E-state index contributed by atoms with van der Waals surface area (Å²) in [5.74, 6) is 0.299. The monoisotopic (exact) mass is 254 g/mol. The summed E-state index contributed by atoms with van der Waals surface area (Å²) in [7, 11) is 0. The van der Waals surface area contributed by atoms with Crippen LogP contribution in [-0.2, 0) is 9.53 Å². The standard InChI is InChI=1S/C14H26N2O2/c1-14(2)7-5-12(18-14)11-15-8-6-13(17)16-9-3-4-10-16/h12,15H,3-11H2,1-2H3. The highest BCUT2D eigenvalue weighted by Crippen LogP contribution is 2.28. The molecule has 1 atom stereocenters. The van der Waals surface area contributed by atoms with Crippen LogP contribution in [0.5, 0.6) is 0 Å². The van der Waals surface area contributed by atoms with Crippen molar-refractivity contribution < 1.29 is 9.53 Å². The van der Waals surface area contributed by atoms with Gasteiger partial charge in [-0.3, -0.25) is 4.79 Å². The van der Waals surface area contributed by atoms with Crippen molar-refractivity contribution in [3.8, 4) is 0 Å². The average Bonchev–Trinajstić information content (AvgIpc) is 2.93. The Labute approximate surface area is 110 Å². The molecule has 0 aromatic heterocycles. The molecule has 1 amide bonds. The summed E-state index contributed by atoms with van der Waals surface area (Å²) in [4.78, 5) is 13.8. The molecule has 18 heavy (non-hydrogen) atoms. The van der Waals surface area contributed by atoms with Crippen molar-refractivity contribution in [3.05, 3.63) is 0 Å². The zero-order valence-electron chi connectivity index (χ0n) is 11.7. The molecule has 4 nitrogen and oxygen atoms in total. The highest BCUT2D eigenvalue weighted by Gasteiger charge is 2.31.